The number of ether oxygens (including phenoxy) is 1. The first kappa shape index (κ1) is 25.2. The van der Waals surface area contributed by atoms with Gasteiger partial charge in [0.1, 0.15) is 11.9 Å². The summed E-state index contributed by atoms with van der Waals surface area (Å²) in [6.07, 6.45) is -0.942. The fourth-order valence-corrected chi connectivity index (χ4v) is 4.59. The fourth-order valence-electron chi connectivity index (χ4n) is 4.59. The molecule has 3 N–H and O–H groups in total. The number of hydrogen-bond acceptors (Lipinski definition) is 6. The quantitative estimate of drug-likeness (QED) is 0.428. The molecule has 2 fully saturated rings. The van der Waals surface area contributed by atoms with Gasteiger partial charge in [0.05, 0.1) is 18.8 Å². The lowest BCUT2D eigenvalue weighted by Crippen LogP contribution is -2.59. The number of nitrogen functional groups attached to an aromatic ring is 1. The van der Waals surface area contributed by atoms with E-state index in [4.69, 9.17) is 10.5 Å². The van der Waals surface area contributed by atoms with Crippen molar-refractivity contribution in [1.29, 1.82) is 0 Å². The largest absolute Gasteiger partial charge is 0.442 e. The molecule has 2 heterocycles. The van der Waals surface area contributed by atoms with E-state index in [1.807, 2.05) is 6.92 Å². The van der Waals surface area contributed by atoms with Gasteiger partial charge in [0.25, 0.3) is 0 Å². The first-order chi connectivity index (χ1) is 17.1. The lowest BCUT2D eigenvalue weighted by molar-refractivity contribution is -0.138. The summed E-state index contributed by atoms with van der Waals surface area (Å²) in [5.74, 6) is -0.986. The van der Waals surface area contributed by atoms with Crippen LogP contribution in [0.15, 0.2) is 42.5 Å². The van der Waals surface area contributed by atoms with Crippen molar-refractivity contribution in [2.24, 2.45) is 0 Å². The molecule has 2 aromatic carbocycles. The Labute approximate surface area is 208 Å². The van der Waals surface area contributed by atoms with Crippen LogP contribution in [0.1, 0.15) is 42.6 Å². The van der Waals surface area contributed by atoms with E-state index in [-0.39, 0.29) is 43.5 Å². The SMILES string of the molecule is CC(=O)NCC1CN(c2ccc(C3(C)CN(C(=O)CCC(=O)c4ccc(N)cc4)C3)c(F)c2)C(=O)O1. The molecular weight excluding hydrogens is 467 g/mol. The zero-order valence-electron chi connectivity index (χ0n) is 20.3. The molecule has 36 heavy (non-hydrogen) atoms. The molecule has 10 heteroatoms. The summed E-state index contributed by atoms with van der Waals surface area (Å²) in [7, 11) is 0. The summed E-state index contributed by atoms with van der Waals surface area (Å²) in [6.45, 7) is 4.31. The van der Waals surface area contributed by atoms with Gasteiger partial charge in [-0.2, -0.15) is 0 Å². The number of carbonyl (C=O) groups is 4. The smallest absolute Gasteiger partial charge is 0.414 e. The Balaban J connectivity index is 1.32. The van der Waals surface area contributed by atoms with E-state index in [9.17, 15) is 19.2 Å². The maximum Gasteiger partial charge on any atom is 0.414 e. The predicted molar refractivity (Wildman–Crippen MR) is 131 cm³/mol. The molecule has 2 saturated heterocycles. The normalized spacial score (nSPS) is 18.4. The Morgan fingerprint density at radius 1 is 1.14 bits per heavy atom. The fraction of sp³-hybridized carbons (Fsp3) is 0.385. The standard InChI is InChI=1S/C26H29FN4O5/c1-16(32)29-12-20-13-31(25(35)36-20)19-7-8-21(22(27)11-19)26(2)14-30(15-26)24(34)10-9-23(33)17-3-5-18(28)6-4-17/h3-8,11,20H,9-10,12-15,28H2,1-2H3,(H,29,32). The van der Waals surface area contributed by atoms with E-state index >= 15 is 4.39 Å². The average molecular weight is 497 g/mol. The maximum atomic E-state index is 15.1. The highest BCUT2D eigenvalue weighted by atomic mass is 19.1. The van der Waals surface area contributed by atoms with Crippen LogP contribution in [0.5, 0.6) is 0 Å². The highest BCUT2D eigenvalue weighted by molar-refractivity contribution is 5.98. The number of amides is 3. The van der Waals surface area contributed by atoms with E-state index in [0.29, 0.717) is 35.6 Å². The van der Waals surface area contributed by atoms with Gasteiger partial charge in [0.2, 0.25) is 11.8 Å². The number of halogens is 1. The minimum Gasteiger partial charge on any atom is -0.442 e. The number of cyclic esters (lactones) is 1. The summed E-state index contributed by atoms with van der Waals surface area (Å²) in [5.41, 5.74) is 6.96. The number of nitrogens with zero attached hydrogens (tertiary/aromatic N) is 2. The van der Waals surface area contributed by atoms with Crippen LogP contribution in [0.4, 0.5) is 20.6 Å². The Morgan fingerprint density at radius 3 is 2.47 bits per heavy atom. The van der Waals surface area contributed by atoms with Gasteiger partial charge >= 0.3 is 6.09 Å². The second-order valence-corrected chi connectivity index (χ2v) is 9.57. The highest BCUT2D eigenvalue weighted by Gasteiger charge is 2.44. The Bertz CT molecular complexity index is 1190. The Hall–Kier alpha value is -3.95. The Kier molecular flexibility index (Phi) is 6.96. The minimum absolute atomic E-state index is 0.0808. The van der Waals surface area contributed by atoms with Crippen molar-refractivity contribution >= 4 is 35.1 Å². The van der Waals surface area contributed by atoms with Gasteiger partial charge in [-0.05, 0) is 42.0 Å². The molecule has 0 radical (unpaired) electrons. The van der Waals surface area contributed by atoms with Crippen LogP contribution in [0.2, 0.25) is 0 Å². The van der Waals surface area contributed by atoms with Crippen molar-refractivity contribution < 1.29 is 28.3 Å². The first-order valence-electron chi connectivity index (χ1n) is 11.7. The van der Waals surface area contributed by atoms with Crippen LogP contribution in [0.3, 0.4) is 0 Å². The average Bonchev–Trinajstić information content (AvgIpc) is 3.19. The molecule has 2 aromatic rings. The van der Waals surface area contributed by atoms with Crippen molar-refractivity contribution in [2.75, 3.05) is 36.8 Å². The van der Waals surface area contributed by atoms with Gasteiger partial charge in [0, 0.05) is 49.5 Å². The molecule has 2 aliphatic rings. The van der Waals surface area contributed by atoms with Crippen molar-refractivity contribution in [3.05, 3.63) is 59.4 Å². The van der Waals surface area contributed by atoms with E-state index < -0.39 is 23.4 Å². The maximum absolute atomic E-state index is 15.1. The van der Waals surface area contributed by atoms with E-state index in [2.05, 4.69) is 5.32 Å². The summed E-state index contributed by atoms with van der Waals surface area (Å²) in [6, 6.07) is 11.1. The second-order valence-electron chi connectivity index (χ2n) is 9.57. The van der Waals surface area contributed by atoms with Crippen LogP contribution in [0.25, 0.3) is 0 Å². The van der Waals surface area contributed by atoms with E-state index in [0.717, 1.165) is 0 Å². The third kappa shape index (κ3) is 5.32. The number of nitrogens with one attached hydrogen (secondary N) is 1. The lowest BCUT2D eigenvalue weighted by atomic mass is 9.75. The van der Waals surface area contributed by atoms with E-state index in [1.165, 1.54) is 17.9 Å². The topological polar surface area (TPSA) is 122 Å². The lowest BCUT2D eigenvalue weighted by Gasteiger charge is -2.48. The number of hydrogen-bond donors (Lipinski definition) is 2. The number of benzene rings is 2. The molecule has 9 nitrogen and oxygen atoms in total. The van der Waals surface area contributed by atoms with Gasteiger partial charge in [-0.15, -0.1) is 0 Å². The van der Waals surface area contributed by atoms with Crippen molar-refractivity contribution in [2.45, 2.75) is 38.2 Å². The number of rotatable bonds is 8. The number of carbonyl (C=O) groups excluding carboxylic acids is 4. The molecular formula is C26H29FN4O5. The molecule has 0 aliphatic carbocycles. The highest BCUT2D eigenvalue weighted by Crippen LogP contribution is 2.37. The monoisotopic (exact) mass is 496 g/mol. The number of ketones is 1. The predicted octanol–water partition coefficient (Wildman–Crippen LogP) is 2.63. The molecule has 1 atom stereocenters. The third-order valence-corrected chi connectivity index (χ3v) is 6.60. The zero-order chi connectivity index (χ0) is 26.0. The summed E-state index contributed by atoms with van der Waals surface area (Å²) >= 11 is 0. The van der Waals surface area contributed by atoms with Gasteiger partial charge in [-0.25, -0.2) is 9.18 Å². The van der Waals surface area contributed by atoms with Gasteiger partial charge in [-0.3, -0.25) is 19.3 Å². The number of anilines is 2. The molecule has 2 aliphatic heterocycles. The van der Waals surface area contributed by atoms with Crippen LogP contribution < -0.4 is 16.0 Å². The number of Topliss-reactive ketones (excluding diaryl/α,β-unsaturated/α-hetero) is 1. The van der Waals surface area contributed by atoms with Crippen LogP contribution >= 0.6 is 0 Å². The molecule has 190 valence electrons. The third-order valence-electron chi connectivity index (χ3n) is 6.60. The molecule has 0 spiro atoms. The Morgan fingerprint density at radius 2 is 1.83 bits per heavy atom. The van der Waals surface area contributed by atoms with Crippen molar-refractivity contribution in [1.82, 2.24) is 10.2 Å². The van der Waals surface area contributed by atoms with Crippen molar-refractivity contribution in [3.8, 4) is 0 Å². The molecule has 0 bridgehead atoms. The second kappa shape index (κ2) is 9.96. The van der Waals surface area contributed by atoms with Crippen molar-refractivity contribution in [3.63, 3.8) is 0 Å². The summed E-state index contributed by atoms with van der Waals surface area (Å²) < 4.78 is 20.3. The first-order valence-corrected chi connectivity index (χ1v) is 11.7. The van der Waals surface area contributed by atoms with Gasteiger partial charge in [0.15, 0.2) is 5.78 Å². The number of likely N-dealkylation sites (tertiary alicyclic amines) is 1. The number of nitrogens with two attached hydrogens (primary N) is 1. The molecule has 0 saturated carbocycles. The van der Waals surface area contributed by atoms with Crippen LogP contribution in [-0.4, -0.2) is 60.9 Å². The molecule has 3 amide bonds. The molecule has 1 unspecified atom stereocenters. The van der Waals surface area contributed by atoms with Gasteiger partial charge in [-0.1, -0.05) is 13.0 Å². The molecule has 4 rings (SSSR count). The zero-order valence-corrected chi connectivity index (χ0v) is 20.3. The van der Waals surface area contributed by atoms with Gasteiger partial charge < -0.3 is 20.7 Å². The molecule has 0 aromatic heterocycles. The summed E-state index contributed by atoms with van der Waals surface area (Å²) in [5, 5.41) is 2.60. The van der Waals surface area contributed by atoms with Crippen LogP contribution in [0, 0.1) is 5.82 Å². The summed E-state index contributed by atoms with van der Waals surface area (Å²) in [4.78, 5) is 51.2. The van der Waals surface area contributed by atoms with Crippen LogP contribution in [-0.2, 0) is 19.7 Å². The van der Waals surface area contributed by atoms with E-state index in [1.54, 1.807) is 41.3 Å². The minimum atomic E-state index is -0.599.